The summed E-state index contributed by atoms with van der Waals surface area (Å²) in [6.45, 7) is 1.05. The first kappa shape index (κ1) is 14.8. The van der Waals surface area contributed by atoms with Crippen molar-refractivity contribution in [2.75, 3.05) is 13.2 Å². The summed E-state index contributed by atoms with van der Waals surface area (Å²) in [5, 5.41) is 19.6. The van der Waals surface area contributed by atoms with Gasteiger partial charge in [-0.1, -0.05) is 0 Å². The van der Waals surface area contributed by atoms with E-state index in [1.165, 1.54) is 11.3 Å². The standard InChI is InChI=1S/C15H22N2O3S/c18-13(10-5-7-21-9-10)8-16-15(19)17-12-2-1-3-14-11(12)4-6-20-14/h5,7,9,11-14,18H,1-4,6,8H2,(H2,16,17,19). The molecule has 1 aliphatic heterocycles. The lowest BCUT2D eigenvalue weighted by Gasteiger charge is -2.33. The number of hydrogen-bond acceptors (Lipinski definition) is 4. The van der Waals surface area contributed by atoms with Crippen LogP contribution in [0.25, 0.3) is 0 Å². The van der Waals surface area contributed by atoms with E-state index in [1.54, 1.807) is 0 Å². The molecule has 1 aromatic rings. The van der Waals surface area contributed by atoms with Crippen molar-refractivity contribution < 1.29 is 14.6 Å². The lowest BCUT2D eigenvalue weighted by atomic mass is 9.82. The quantitative estimate of drug-likeness (QED) is 0.797. The number of urea groups is 1. The molecule has 2 aliphatic rings. The molecule has 0 bridgehead atoms. The molecular formula is C15H22N2O3S. The van der Waals surface area contributed by atoms with Gasteiger partial charge in [0.25, 0.3) is 0 Å². The molecule has 2 fully saturated rings. The summed E-state index contributed by atoms with van der Waals surface area (Å²) in [6, 6.07) is 1.88. The number of hydrogen-bond donors (Lipinski definition) is 3. The average Bonchev–Trinajstić information content (AvgIpc) is 3.16. The molecule has 21 heavy (non-hydrogen) atoms. The molecule has 2 heterocycles. The van der Waals surface area contributed by atoms with E-state index in [4.69, 9.17) is 4.74 Å². The number of fused-ring (bicyclic) bond motifs is 1. The maximum absolute atomic E-state index is 12.0. The number of carbonyl (C=O) groups excluding carboxylic acids is 1. The van der Waals surface area contributed by atoms with Gasteiger partial charge in [0.1, 0.15) is 0 Å². The van der Waals surface area contributed by atoms with Gasteiger partial charge >= 0.3 is 6.03 Å². The van der Waals surface area contributed by atoms with E-state index in [0.29, 0.717) is 12.0 Å². The predicted octanol–water partition coefficient (Wildman–Crippen LogP) is 2.04. The van der Waals surface area contributed by atoms with E-state index in [-0.39, 0.29) is 18.6 Å². The van der Waals surface area contributed by atoms with E-state index in [1.807, 2.05) is 16.8 Å². The van der Waals surface area contributed by atoms with Gasteiger partial charge < -0.3 is 20.5 Å². The maximum atomic E-state index is 12.0. The molecule has 116 valence electrons. The molecule has 1 saturated heterocycles. The Labute approximate surface area is 128 Å². The van der Waals surface area contributed by atoms with E-state index >= 15 is 0 Å². The molecule has 4 unspecified atom stereocenters. The number of amides is 2. The Morgan fingerprint density at radius 1 is 1.48 bits per heavy atom. The molecule has 1 saturated carbocycles. The largest absolute Gasteiger partial charge is 0.387 e. The van der Waals surface area contributed by atoms with Crippen LogP contribution in [0.5, 0.6) is 0 Å². The van der Waals surface area contributed by atoms with Crippen molar-refractivity contribution in [3.05, 3.63) is 22.4 Å². The Morgan fingerprint density at radius 2 is 2.38 bits per heavy atom. The molecule has 0 aromatic carbocycles. The van der Waals surface area contributed by atoms with Crippen LogP contribution in [0.1, 0.15) is 37.4 Å². The average molecular weight is 310 g/mol. The van der Waals surface area contributed by atoms with Crippen molar-refractivity contribution in [3.63, 3.8) is 0 Å². The van der Waals surface area contributed by atoms with Gasteiger partial charge in [0.05, 0.1) is 12.2 Å². The Hall–Kier alpha value is -1.11. The molecule has 0 radical (unpaired) electrons. The summed E-state index contributed by atoms with van der Waals surface area (Å²) in [6.07, 6.45) is 3.94. The van der Waals surface area contributed by atoms with Gasteiger partial charge in [-0.3, -0.25) is 0 Å². The third-order valence-corrected chi connectivity index (χ3v) is 5.18. The third-order valence-electron chi connectivity index (χ3n) is 4.48. The second kappa shape index (κ2) is 6.77. The molecule has 3 rings (SSSR count). The summed E-state index contributed by atoms with van der Waals surface area (Å²) in [5.74, 6) is 0.450. The first-order valence-electron chi connectivity index (χ1n) is 7.60. The molecule has 1 aromatic heterocycles. The Morgan fingerprint density at radius 3 is 3.19 bits per heavy atom. The number of nitrogens with one attached hydrogen (secondary N) is 2. The van der Waals surface area contributed by atoms with Crippen LogP contribution in [0.15, 0.2) is 16.8 Å². The van der Waals surface area contributed by atoms with Gasteiger partial charge in [-0.2, -0.15) is 11.3 Å². The fraction of sp³-hybridized carbons (Fsp3) is 0.667. The fourth-order valence-corrected chi connectivity index (χ4v) is 4.05. The van der Waals surface area contributed by atoms with Crippen LogP contribution in [0.3, 0.4) is 0 Å². The van der Waals surface area contributed by atoms with Crippen molar-refractivity contribution in [2.24, 2.45) is 5.92 Å². The summed E-state index contributed by atoms with van der Waals surface area (Å²) >= 11 is 1.54. The second-order valence-electron chi connectivity index (χ2n) is 5.83. The van der Waals surface area contributed by atoms with Crippen molar-refractivity contribution in [1.29, 1.82) is 0 Å². The van der Waals surface area contributed by atoms with Crippen LogP contribution in [0, 0.1) is 5.92 Å². The highest BCUT2D eigenvalue weighted by atomic mass is 32.1. The first-order chi connectivity index (χ1) is 10.2. The van der Waals surface area contributed by atoms with Gasteiger partial charge in [0.15, 0.2) is 0 Å². The van der Waals surface area contributed by atoms with Crippen molar-refractivity contribution >= 4 is 17.4 Å². The summed E-state index contributed by atoms with van der Waals surface area (Å²) in [5.41, 5.74) is 0.849. The minimum absolute atomic E-state index is 0.193. The number of carbonyl (C=O) groups is 1. The van der Waals surface area contributed by atoms with Crippen LogP contribution >= 0.6 is 11.3 Å². The zero-order valence-corrected chi connectivity index (χ0v) is 12.8. The summed E-state index contributed by atoms with van der Waals surface area (Å²) < 4.78 is 5.71. The van der Waals surface area contributed by atoms with Crippen LogP contribution in [-0.2, 0) is 4.74 Å². The molecule has 5 nitrogen and oxygen atoms in total. The fourth-order valence-electron chi connectivity index (χ4n) is 3.35. The zero-order chi connectivity index (χ0) is 14.7. The molecule has 3 N–H and O–H groups in total. The van der Waals surface area contributed by atoms with Gasteiger partial charge in [-0.25, -0.2) is 4.79 Å². The highest BCUT2D eigenvalue weighted by molar-refractivity contribution is 7.07. The smallest absolute Gasteiger partial charge is 0.315 e. The summed E-state index contributed by atoms with van der Waals surface area (Å²) in [4.78, 5) is 12.0. The van der Waals surface area contributed by atoms with Crippen molar-refractivity contribution in [1.82, 2.24) is 10.6 Å². The van der Waals surface area contributed by atoms with Gasteiger partial charge in [-0.05, 0) is 48.1 Å². The number of rotatable bonds is 4. The number of aliphatic hydroxyl groups excluding tert-OH is 1. The van der Waals surface area contributed by atoms with E-state index in [9.17, 15) is 9.90 Å². The normalized spacial score (nSPS) is 29.7. The SMILES string of the molecule is O=C(NCC(O)c1ccsc1)NC1CCCC2OCCC12. The van der Waals surface area contributed by atoms with Crippen LogP contribution in [-0.4, -0.2) is 36.4 Å². The predicted molar refractivity (Wildman–Crippen MR) is 81.3 cm³/mol. The first-order valence-corrected chi connectivity index (χ1v) is 8.54. The van der Waals surface area contributed by atoms with E-state index < -0.39 is 6.10 Å². The minimum atomic E-state index is -0.643. The van der Waals surface area contributed by atoms with Crippen LogP contribution in [0.2, 0.25) is 0 Å². The monoisotopic (exact) mass is 310 g/mol. The van der Waals surface area contributed by atoms with Crippen molar-refractivity contribution in [3.8, 4) is 0 Å². The Kier molecular flexibility index (Phi) is 4.77. The minimum Gasteiger partial charge on any atom is -0.387 e. The van der Waals surface area contributed by atoms with E-state index in [0.717, 1.165) is 37.9 Å². The Balaban J connectivity index is 1.45. The molecule has 6 heteroatoms. The molecule has 0 spiro atoms. The van der Waals surface area contributed by atoms with Gasteiger partial charge in [-0.15, -0.1) is 0 Å². The lowest BCUT2D eigenvalue weighted by Crippen LogP contribution is -2.49. The molecular weight excluding hydrogens is 288 g/mol. The number of aliphatic hydroxyl groups is 1. The van der Waals surface area contributed by atoms with E-state index in [2.05, 4.69) is 10.6 Å². The topological polar surface area (TPSA) is 70.6 Å². The Bertz CT molecular complexity index is 465. The highest BCUT2D eigenvalue weighted by Gasteiger charge is 2.38. The maximum Gasteiger partial charge on any atom is 0.315 e. The molecule has 1 aliphatic carbocycles. The van der Waals surface area contributed by atoms with Crippen molar-refractivity contribution in [2.45, 2.75) is 43.9 Å². The second-order valence-corrected chi connectivity index (χ2v) is 6.61. The van der Waals surface area contributed by atoms with Gasteiger partial charge in [0, 0.05) is 25.1 Å². The highest BCUT2D eigenvalue weighted by Crippen LogP contribution is 2.34. The van der Waals surface area contributed by atoms with Crippen LogP contribution < -0.4 is 10.6 Å². The number of ether oxygens (including phenoxy) is 1. The number of thiophene rings is 1. The van der Waals surface area contributed by atoms with Gasteiger partial charge in [0.2, 0.25) is 0 Å². The zero-order valence-electron chi connectivity index (χ0n) is 12.0. The third kappa shape index (κ3) is 3.56. The van der Waals surface area contributed by atoms with Crippen LogP contribution in [0.4, 0.5) is 4.79 Å². The summed E-state index contributed by atoms with van der Waals surface area (Å²) in [7, 11) is 0. The molecule has 2 amide bonds. The molecule has 4 atom stereocenters. The lowest BCUT2D eigenvalue weighted by molar-refractivity contribution is 0.0548.